The van der Waals surface area contributed by atoms with E-state index in [1.54, 1.807) is 44.3 Å². The molecule has 33 heavy (non-hydrogen) atoms. The molecule has 0 aliphatic rings. The van der Waals surface area contributed by atoms with Gasteiger partial charge in [0.15, 0.2) is 6.10 Å². The number of esters is 1. The molecule has 0 unspecified atom stereocenters. The van der Waals surface area contributed by atoms with Crippen LogP contribution in [-0.4, -0.2) is 34.6 Å². The summed E-state index contributed by atoms with van der Waals surface area (Å²) in [4.78, 5) is 29.7. The zero-order valence-corrected chi connectivity index (χ0v) is 22.0. The van der Waals surface area contributed by atoms with Gasteiger partial charge in [-0.2, -0.15) is 9.78 Å². The van der Waals surface area contributed by atoms with Crippen LogP contribution in [0.3, 0.4) is 0 Å². The molecule has 0 aliphatic heterocycles. The van der Waals surface area contributed by atoms with Crippen molar-refractivity contribution in [1.82, 2.24) is 9.66 Å². The van der Waals surface area contributed by atoms with Crippen molar-refractivity contribution in [2.45, 2.75) is 46.1 Å². The van der Waals surface area contributed by atoms with E-state index in [4.69, 9.17) is 14.5 Å². The fourth-order valence-electron chi connectivity index (χ4n) is 3.09. The Labute approximate surface area is 209 Å². The molecule has 7 nitrogen and oxygen atoms in total. The zero-order valence-electron chi connectivity index (χ0n) is 18.8. The molecule has 0 amide bonds. The van der Waals surface area contributed by atoms with Crippen LogP contribution in [0.15, 0.2) is 55.2 Å². The van der Waals surface area contributed by atoms with Crippen LogP contribution in [0.25, 0.3) is 10.9 Å². The van der Waals surface area contributed by atoms with Crippen LogP contribution in [0.2, 0.25) is 0 Å². The van der Waals surface area contributed by atoms with Crippen molar-refractivity contribution >= 4 is 54.9 Å². The Hall–Kier alpha value is -2.52. The summed E-state index contributed by atoms with van der Waals surface area (Å²) in [6, 6.07) is 10.8. The fourth-order valence-corrected chi connectivity index (χ4v) is 3.95. The number of hydrogen-bond donors (Lipinski definition) is 0. The molecule has 1 aromatic heterocycles. The highest BCUT2D eigenvalue weighted by molar-refractivity contribution is 9.10. The smallest absolute Gasteiger partial charge is 0.347 e. The first-order chi connectivity index (χ1) is 15.7. The third-order valence-electron chi connectivity index (χ3n) is 5.09. The summed E-state index contributed by atoms with van der Waals surface area (Å²) < 4.78 is 13.5. The molecule has 0 fully saturated rings. The summed E-state index contributed by atoms with van der Waals surface area (Å²) in [6.07, 6.45) is 1.68. The molecule has 0 saturated carbocycles. The first-order valence-corrected chi connectivity index (χ1v) is 12.2. The molecule has 0 saturated heterocycles. The average molecular weight is 579 g/mol. The zero-order chi connectivity index (χ0) is 24.1. The maximum absolute atomic E-state index is 13.2. The van der Waals surface area contributed by atoms with E-state index in [2.05, 4.69) is 37.0 Å². The van der Waals surface area contributed by atoms with Crippen molar-refractivity contribution in [3.63, 3.8) is 0 Å². The van der Waals surface area contributed by atoms with E-state index < -0.39 is 12.1 Å². The summed E-state index contributed by atoms with van der Waals surface area (Å²) >= 11 is 6.89. The third-order valence-corrected chi connectivity index (χ3v) is 6.20. The van der Waals surface area contributed by atoms with Gasteiger partial charge in [0.2, 0.25) is 0 Å². The lowest BCUT2D eigenvalue weighted by atomic mass is 10.1. The van der Waals surface area contributed by atoms with E-state index in [0.29, 0.717) is 33.6 Å². The summed E-state index contributed by atoms with van der Waals surface area (Å²) in [6.45, 7) is 7.74. The van der Waals surface area contributed by atoms with Gasteiger partial charge in [0, 0.05) is 10.4 Å². The Bertz CT molecular complexity index is 1260. The van der Waals surface area contributed by atoms with Crippen LogP contribution in [0.5, 0.6) is 5.75 Å². The normalized spacial score (nSPS) is 13.3. The van der Waals surface area contributed by atoms with E-state index in [9.17, 15) is 9.59 Å². The van der Waals surface area contributed by atoms with Crippen LogP contribution in [-0.2, 0) is 9.53 Å². The summed E-state index contributed by atoms with van der Waals surface area (Å²) in [5.74, 6) is 0.732. The van der Waals surface area contributed by atoms with Gasteiger partial charge >= 0.3 is 5.97 Å². The second kappa shape index (κ2) is 11.1. The summed E-state index contributed by atoms with van der Waals surface area (Å²) in [5, 5.41) is 4.97. The van der Waals surface area contributed by atoms with Crippen LogP contribution >= 0.6 is 31.9 Å². The van der Waals surface area contributed by atoms with E-state index in [-0.39, 0.29) is 11.5 Å². The lowest BCUT2D eigenvalue weighted by Crippen LogP contribution is -2.26. The van der Waals surface area contributed by atoms with Crippen molar-refractivity contribution in [2.24, 2.45) is 5.10 Å². The minimum atomic E-state index is -0.736. The largest absolute Gasteiger partial charge is 0.478 e. The molecule has 174 valence electrons. The van der Waals surface area contributed by atoms with E-state index in [1.807, 2.05) is 26.0 Å². The van der Waals surface area contributed by atoms with Gasteiger partial charge in [-0.25, -0.2) is 9.78 Å². The number of aromatic nitrogens is 2. The van der Waals surface area contributed by atoms with E-state index in [1.165, 1.54) is 4.68 Å². The Morgan fingerprint density at radius 2 is 1.94 bits per heavy atom. The highest BCUT2D eigenvalue weighted by atomic mass is 79.9. The fraction of sp³-hybridized carbons (Fsp3) is 0.333. The van der Waals surface area contributed by atoms with Gasteiger partial charge in [-0.15, -0.1) is 0 Å². The van der Waals surface area contributed by atoms with E-state index >= 15 is 0 Å². The molecule has 0 bridgehead atoms. The number of rotatable bonds is 8. The van der Waals surface area contributed by atoms with Crippen LogP contribution < -0.4 is 10.3 Å². The number of fused-ring (bicyclic) bond motifs is 1. The summed E-state index contributed by atoms with van der Waals surface area (Å²) in [7, 11) is 0. The number of carbonyl (C=O) groups excluding carboxylic acids is 1. The standard InChI is InChI=1S/C24H25Br2N3O4/c1-5-14(3)22-28-20-9-8-17(25)12-18(20)23(30)29(22)27-13-16-7-10-21(19(26)11-16)33-15(4)24(31)32-6-2/h7-15H,5-6H2,1-4H3/t14-,15-/m1/s1. The minimum absolute atomic E-state index is 0.0507. The monoisotopic (exact) mass is 577 g/mol. The molecule has 1 heterocycles. The molecule has 0 aliphatic carbocycles. The van der Waals surface area contributed by atoms with Gasteiger partial charge in [0.05, 0.1) is 28.2 Å². The third kappa shape index (κ3) is 5.89. The number of benzene rings is 2. The molecule has 0 spiro atoms. The molecule has 2 atom stereocenters. The van der Waals surface area contributed by atoms with Gasteiger partial charge in [-0.1, -0.05) is 29.8 Å². The lowest BCUT2D eigenvalue weighted by molar-refractivity contribution is -0.150. The molecule has 9 heteroatoms. The van der Waals surface area contributed by atoms with E-state index in [0.717, 1.165) is 16.5 Å². The molecule has 3 aromatic rings. The number of ether oxygens (including phenoxy) is 2. The Kier molecular flexibility index (Phi) is 8.42. The highest BCUT2D eigenvalue weighted by Crippen LogP contribution is 2.27. The Morgan fingerprint density at radius 1 is 1.18 bits per heavy atom. The minimum Gasteiger partial charge on any atom is -0.478 e. The quantitative estimate of drug-likeness (QED) is 0.255. The average Bonchev–Trinajstić information content (AvgIpc) is 2.79. The maximum atomic E-state index is 13.2. The predicted octanol–water partition coefficient (Wildman–Crippen LogP) is 5.65. The second-order valence-corrected chi connectivity index (χ2v) is 9.27. The van der Waals surface area contributed by atoms with Crippen molar-refractivity contribution in [1.29, 1.82) is 0 Å². The first kappa shape index (κ1) is 25.1. The van der Waals surface area contributed by atoms with Crippen molar-refractivity contribution in [2.75, 3.05) is 6.61 Å². The van der Waals surface area contributed by atoms with Crippen molar-refractivity contribution < 1.29 is 14.3 Å². The number of halogens is 2. The molecule has 0 N–H and O–H groups in total. The van der Waals surface area contributed by atoms with Crippen LogP contribution in [0.4, 0.5) is 0 Å². The molecule has 0 radical (unpaired) electrons. The van der Waals surface area contributed by atoms with Crippen molar-refractivity contribution in [3.8, 4) is 5.75 Å². The first-order valence-electron chi connectivity index (χ1n) is 10.6. The number of nitrogens with zero attached hydrogens (tertiary/aromatic N) is 3. The highest BCUT2D eigenvalue weighted by Gasteiger charge is 2.18. The van der Waals surface area contributed by atoms with Gasteiger partial charge in [-0.05, 0) is 78.2 Å². The Morgan fingerprint density at radius 3 is 2.61 bits per heavy atom. The van der Waals surface area contributed by atoms with Gasteiger partial charge in [0.25, 0.3) is 5.56 Å². The second-order valence-electron chi connectivity index (χ2n) is 7.50. The molecular formula is C24H25Br2N3O4. The van der Waals surface area contributed by atoms with Crippen LogP contribution in [0.1, 0.15) is 51.4 Å². The van der Waals surface area contributed by atoms with Gasteiger partial charge in [-0.3, -0.25) is 4.79 Å². The predicted molar refractivity (Wildman–Crippen MR) is 136 cm³/mol. The van der Waals surface area contributed by atoms with Gasteiger partial charge in [0.1, 0.15) is 11.6 Å². The molecule has 3 rings (SSSR count). The topological polar surface area (TPSA) is 82.8 Å². The molecule has 2 aromatic carbocycles. The molecular weight excluding hydrogens is 554 g/mol. The van der Waals surface area contributed by atoms with Crippen LogP contribution in [0, 0.1) is 0 Å². The number of carbonyl (C=O) groups is 1. The maximum Gasteiger partial charge on any atom is 0.347 e. The Balaban J connectivity index is 1.95. The lowest BCUT2D eigenvalue weighted by Gasteiger charge is -2.15. The summed E-state index contributed by atoms with van der Waals surface area (Å²) in [5.41, 5.74) is 1.16. The number of hydrogen-bond acceptors (Lipinski definition) is 6. The van der Waals surface area contributed by atoms with Gasteiger partial charge < -0.3 is 9.47 Å². The SMILES string of the molecule is CCOC(=O)[C@@H](C)Oc1ccc(C=Nn2c([C@H](C)CC)nc3ccc(Br)cc3c2=O)cc1Br. The van der Waals surface area contributed by atoms with Crippen molar-refractivity contribution in [3.05, 3.63) is 67.1 Å².